The number of nitrogens with zero attached hydrogens (tertiary/aromatic N) is 2. The van der Waals surface area contributed by atoms with Crippen LogP contribution >= 0.6 is 11.6 Å². The van der Waals surface area contributed by atoms with Crippen molar-refractivity contribution in [1.82, 2.24) is 9.80 Å². The highest BCUT2D eigenvalue weighted by atomic mass is 35.5. The van der Waals surface area contributed by atoms with Gasteiger partial charge in [-0.3, -0.25) is 9.69 Å². The fourth-order valence-electron chi connectivity index (χ4n) is 4.07. The van der Waals surface area contributed by atoms with Gasteiger partial charge in [0.2, 0.25) is 0 Å². The lowest BCUT2D eigenvalue weighted by Crippen LogP contribution is -2.50. The molecule has 0 radical (unpaired) electrons. The molecule has 154 valence electrons. The Hall–Kier alpha value is -2.69. The predicted octanol–water partition coefficient (Wildman–Crippen LogP) is 5.33. The number of rotatable bonds is 4. The van der Waals surface area contributed by atoms with Crippen LogP contribution < -0.4 is 0 Å². The zero-order valence-electron chi connectivity index (χ0n) is 16.9. The fraction of sp³-hybridized carbons (Fsp3) is 0.240. The Morgan fingerprint density at radius 1 is 0.900 bits per heavy atom. The van der Waals surface area contributed by atoms with Crippen molar-refractivity contribution < 1.29 is 9.18 Å². The van der Waals surface area contributed by atoms with Gasteiger partial charge in [0.05, 0.1) is 6.04 Å². The molecule has 0 bridgehead atoms. The molecule has 4 rings (SSSR count). The molecule has 5 heteroatoms. The third-order valence-electron chi connectivity index (χ3n) is 5.70. The van der Waals surface area contributed by atoms with Crippen molar-refractivity contribution in [1.29, 1.82) is 0 Å². The van der Waals surface area contributed by atoms with Gasteiger partial charge in [0.15, 0.2) is 0 Å². The second-order valence-corrected chi connectivity index (χ2v) is 8.09. The zero-order chi connectivity index (χ0) is 21.1. The number of amides is 1. The summed E-state index contributed by atoms with van der Waals surface area (Å²) in [6.45, 7) is 4.52. The van der Waals surface area contributed by atoms with Crippen LogP contribution in [0.15, 0.2) is 72.8 Å². The van der Waals surface area contributed by atoms with Gasteiger partial charge in [-0.05, 0) is 47.9 Å². The van der Waals surface area contributed by atoms with E-state index in [4.69, 9.17) is 11.6 Å². The predicted molar refractivity (Wildman–Crippen MR) is 118 cm³/mol. The second-order valence-electron chi connectivity index (χ2n) is 7.65. The summed E-state index contributed by atoms with van der Waals surface area (Å²) in [7, 11) is 0. The molecule has 3 aromatic rings. The molecule has 1 atom stereocenters. The van der Waals surface area contributed by atoms with Gasteiger partial charge in [0.25, 0.3) is 5.91 Å². The molecular formula is C25H24ClFN2O. The summed E-state index contributed by atoms with van der Waals surface area (Å²) in [5.74, 6) is -0.483. The average molecular weight is 423 g/mol. The number of carbonyl (C=O) groups is 1. The van der Waals surface area contributed by atoms with Crippen LogP contribution in [0, 0.1) is 12.7 Å². The van der Waals surface area contributed by atoms with E-state index in [1.54, 1.807) is 6.07 Å². The summed E-state index contributed by atoms with van der Waals surface area (Å²) in [5, 5.41) is 0.714. The molecule has 30 heavy (non-hydrogen) atoms. The third-order valence-corrected chi connectivity index (χ3v) is 5.95. The molecule has 0 N–H and O–H groups in total. The standard InChI is InChI=1S/C25H24ClFN2O/c1-18-7-12-22(27)17-23(18)25(30)29-15-13-28(14-16-29)24(19-5-3-2-4-6-19)20-8-10-21(26)11-9-20/h2-12,17,24H,13-16H2,1H3. The minimum absolute atomic E-state index is 0.0941. The van der Waals surface area contributed by atoms with Gasteiger partial charge in [0, 0.05) is 36.8 Å². The summed E-state index contributed by atoms with van der Waals surface area (Å²) in [4.78, 5) is 17.2. The molecular weight excluding hydrogens is 399 g/mol. The number of hydrogen-bond donors (Lipinski definition) is 0. The molecule has 1 fully saturated rings. The van der Waals surface area contributed by atoms with E-state index in [-0.39, 0.29) is 17.8 Å². The van der Waals surface area contributed by atoms with Crippen molar-refractivity contribution in [2.24, 2.45) is 0 Å². The Balaban J connectivity index is 1.53. The Labute approximate surface area is 181 Å². The molecule has 1 saturated heterocycles. The van der Waals surface area contributed by atoms with Gasteiger partial charge in [0.1, 0.15) is 5.82 Å². The first-order valence-corrected chi connectivity index (χ1v) is 10.5. The quantitative estimate of drug-likeness (QED) is 0.567. The van der Waals surface area contributed by atoms with Crippen LogP contribution in [0.3, 0.4) is 0 Å². The van der Waals surface area contributed by atoms with Crippen LogP contribution in [0.2, 0.25) is 5.02 Å². The van der Waals surface area contributed by atoms with Crippen molar-refractivity contribution in [3.63, 3.8) is 0 Å². The van der Waals surface area contributed by atoms with Gasteiger partial charge in [-0.1, -0.05) is 60.1 Å². The van der Waals surface area contributed by atoms with Crippen molar-refractivity contribution in [2.45, 2.75) is 13.0 Å². The Kier molecular flexibility index (Phi) is 6.16. The number of benzene rings is 3. The van der Waals surface area contributed by atoms with E-state index in [1.807, 2.05) is 42.2 Å². The molecule has 0 saturated carbocycles. The van der Waals surface area contributed by atoms with E-state index in [9.17, 15) is 9.18 Å². The Morgan fingerprint density at radius 3 is 2.20 bits per heavy atom. The summed E-state index contributed by atoms with van der Waals surface area (Å²) < 4.78 is 13.7. The molecule has 3 nitrogen and oxygen atoms in total. The Morgan fingerprint density at radius 2 is 1.53 bits per heavy atom. The topological polar surface area (TPSA) is 23.6 Å². The van der Waals surface area contributed by atoms with Crippen LogP contribution in [-0.4, -0.2) is 41.9 Å². The molecule has 1 aliphatic heterocycles. The van der Waals surface area contributed by atoms with E-state index in [0.29, 0.717) is 23.7 Å². The van der Waals surface area contributed by atoms with Crippen LogP contribution in [0.5, 0.6) is 0 Å². The van der Waals surface area contributed by atoms with E-state index >= 15 is 0 Å². The minimum Gasteiger partial charge on any atom is -0.336 e. The van der Waals surface area contributed by atoms with Crippen LogP contribution in [0.4, 0.5) is 4.39 Å². The first kappa shape index (κ1) is 20.6. The third kappa shape index (κ3) is 4.40. The molecule has 1 aliphatic rings. The largest absolute Gasteiger partial charge is 0.336 e. The van der Waals surface area contributed by atoms with Gasteiger partial charge in [-0.25, -0.2) is 4.39 Å². The van der Waals surface area contributed by atoms with E-state index in [1.165, 1.54) is 23.3 Å². The lowest BCUT2D eigenvalue weighted by molar-refractivity contribution is 0.0596. The number of carbonyl (C=O) groups excluding carboxylic acids is 1. The van der Waals surface area contributed by atoms with Crippen LogP contribution in [0.1, 0.15) is 33.1 Å². The van der Waals surface area contributed by atoms with Crippen molar-refractivity contribution in [2.75, 3.05) is 26.2 Å². The molecule has 1 amide bonds. The molecule has 0 aliphatic carbocycles. The fourth-order valence-corrected chi connectivity index (χ4v) is 4.20. The second kappa shape index (κ2) is 8.99. The number of halogens is 2. The van der Waals surface area contributed by atoms with E-state index < -0.39 is 0 Å². The first-order valence-electron chi connectivity index (χ1n) is 10.1. The van der Waals surface area contributed by atoms with Gasteiger partial charge < -0.3 is 4.90 Å². The minimum atomic E-state index is -0.380. The monoisotopic (exact) mass is 422 g/mol. The van der Waals surface area contributed by atoms with Crippen molar-refractivity contribution in [3.8, 4) is 0 Å². The normalized spacial score (nSPS) is 15.8. The Bertz CT molecular complexity index is 1020. The number of piperazine rings is 1. The highest BCUT2D eigenvalue weighted by Gasteiger charge is 2.29. The van der Waals surface area contributed by atoms with Crippen molar-refractivity contribution in [3.05, 3.63) is 106 Å². The maximum atomic E-state index is 13.7. The van der Waals surface area contributed by atoms with Crippen LogP contribution in [0.25, 0.3) is 0 Å². The maximum Gasteiger partial charge on any atom is 0.254 e. The van der Waals surface area contributed by atoms with E-state index in [0.717, 1.165) is 18.7 Å². The van der Waals surface area contributed by atoms with E-state index in [2.05, 4.69) is 29.2 Å². The molecule has 1 heterocycles. The molecule has 1 unspecified atom stereocenters. The smallest absolute Gasteiger partial charge is 0.254 e. The van der Waals surface area contributed by atoms with Crippen LogP contribution in [-0.2, 0) is 0 Å². The summed E-state index contributed by atoms with van der Waals surface area (Å²) in [5.41, 5.74) is 3.62. The molecule has 3 aromatic carbocycles. The maximum absolute atomic E-state index is 13.7. The average Bonchev–Trinajstić information content (AvgIpc) is 2.78. The molecule has 0 aromatic heterocycles. The summed E-state index contributed by atoms with van der Waals surface area (Å²) in [6.07, 6.45) is 0. The van der Waals surface area contributed by atoms with Gasteiger partial charge in [-0.2, -0.15) is 0 Å². The van der Waals surface area contributed by atoms with Crippen molar-refractivity contribution >= 4 is 17.5 Å². The SMILES string of the molecule is Cc1ccc(F)cc1C(=O)N1CCN(C(c2ccccc2)c2ccc(Cl)cc2)CC1. The lowest BCUT2D eigenvalue weighted by Gasteiger charge is -2.40. The van der Waals surface area contributed by atoms with Gasteiger partial charge >= 0.3 is 0 Å². The highest BCUT2D eigenvalue weighted by Crippen LogP contribution is 2.30. The number of aryl methyl sites for hydroxylation is 1. The summed E-state index contributed by atoms with van der Waals surface area (Å²) >= 11 is 6.10. The highest BCUT2D eigenvalue weighted by molar-refractivity contribution is 6.30. The zero-order valence-corrected chi connectivity index (χ0v) is 17.6. The van der Waals surface area contributed by atoms with Gasteiger partial charge in [-0.15, -0.1) is 0 Å². The number of hydrogen-bond acceptors (Lipinski definition) is 2. The lowest BCUT2D eigenvalue weighted by atomic mass is 9.96. The molecule has 0 spiro atoms. The first-order chi connectivity index (χ1) is 14.5. The summed E-state index contributed by atoms with van der Waals surface area (Å²) in [6, 6.07) is 22.8.